The van der Waals surface area contributed by atoms with Gasteiger partial charge in [0.25, 0.3) is 9.05 Å². The first-order chi connectivity index (χ1) is 10.2. The van der Waals surface area contributed by atoms with Gasteiger partial charge in [-0.3, -0.25) is 0 Å². The highest BCUT2D eigenvalue weighted by Gasteiger charge is 2.10. The molecule has 0 radical (unpaired) electrons. The summed E-state index contributed by atoms with van der Waals surface area (Å²) >= 11 is 11.7. The molecule has 0 spiro atoms. The van der Waals surface area contributed by atoms with Crippen LogP contribution in [-0.2, 0) is 9.05 Å². The van der Waals surface area contributed by atoms with Gasteiger partial charge in [-0.1, -0.05) is 23.2 Å². The van der Waals surface area contributed by atoms with E-state index in [1.807, 2.05) is 0 Å². The van der Waals surface area contributed by atoms with E-state index in [0.717, 1.165) is 0 Å². The van der Waals surface area contributed by atoms with E-state index in [-0.39, 0.29) is 4.90 Å². The molecule has 2 rings (SSSR count). The summed E-state index contributed by atoms with van der Waals surface area (Å²) in [4.78, 5) is 11.8. The van der Waals surface area contributed by atoms with Crippen LogP contribution in [0.3, 0.4) is 0 Å². The first-order valence-electron chi connectivity index (χ1n) is 5.83. The molecule has 2 aromatic carbocycles. The summed E-state index contributed by atoms with van der Waals surface area (Å²) in [6.45, 7) is 0. The van der Waals surface area contributed by atoms with Gasteiger partial charge in [0, 0.05) is 32.1 Å². The second kappa shape index (κ2) is 6.75. The molecular weight excluding hydrogens is 371 g/mol. The molecule has 0 saturated heterocycles. The lowest BCUT2D eigenvalue weighted by atomic mass is 10.3. The van der Waals surface area contributed by atoms with Gasteiger partial charge in [-0.15, -0.1) is 0 Å². The molecule has 0 atom stereocenters. The van der Waals surface area contributed by atoms with Crippen LogP contribution in [0, 0.1) is 0 Å². The highest BCUT2D eigenvalue weighted by Crippen LogP contribution is 2.23. The van der Waals surface area contributed by atoms with Gasteiger partial charge in [-0.05, 0) is 42.5 Å². The molecule has 9 heteroatoms. The number of anilines is 2. The Morgan fingerprint density at radius 2 is 1.36 bits per heavy atom. The van der Waals surface area contributed by atoms with E-state index in [4.69, 9.17) is 33.9 Å². The van der Waals surface area contributed by atoms with Gasteiger partial charge in [-0.2, -0.15) is 0 Å². The number of carbonyl (C=O) groups excluding carboxylic acids is 1. The average molecular weight is 380 g/mol. The topological polar surface area (TPSA) is 75.3 Å². The molecule has 0 aliphatic rings. The van der Waals surface area contributed by atoms with Crippen LogP contribution in [0.25, 0.3) is 0 Å². The Bertz CT molecular complexity index is 788. The van der Waals surface area contributed by atoms with Gasteiger partial charge in [0.1, 0.15) is 0 Å². The number of rotatable bonds is 3. The van der Waals surface area contributed by atoms with Crippen LogP contribution in [0.5, 0.6) is 0 Å². The van der Waals surface area contributed by atoms with Crippen LogP contribution in [0.4, 0.5) is 16.2 Å². The SMILES string of the molecule is O=C(Nc1ccc(S(=O)(=O)Cl)cc1)Nc1cc(Cl)cc(Cl)c1. The summed E-state index contributed by atoms with van der Waals surface area (Å²) < 4.78 is 22.2. The lowest BCUT2D eigenvalue weighted by Gasteiger charge is -2.08. The molecule has 2 aromatic rings. The van der Waals surface area contributed by atoms with Crippen LogP contribution in [0.15, 0.2) is 47.4 Å². The van der Waals surface area contributed by atoms with Crippen molar-refractivity contribution in [1.29, 1.82) is 0 Å². The number of carbonyl (C=O) groups is 1. The van der Waals surface area contributed by atoms with Crippen LogP contribution in [-0.4, -0.2) is 14.4 Å². The standard InChI is InChI=1S/C13H9Cl3N2O3S/c14-8-5-9(15)7-11(6-8)18-13(19)17-10-1-3-12(4-2-10)22(16,20)21/h1-7H,(H2,17,18,19). The van der Waals surface area contributed by atoms with E-state index in [0.29, 0.717) is 21.4 Å². The zero-order chi connectivity index (χ0) is 16.3. The number of nitrogens with one attached hydrogen (secondary N) is 2. The van der Waals surface area contributed by atoms with Crippen molar-refractivity contribution in [1.82, 2.24) is 0 Å². The monoisotopic (exact) mass is 378 g/mol. The van der Waals surface area contributed by atoms with Crippen molar-refractivity contribution in [2.45, 2.75) is 4.90 Å². The normalized spacial score (nSPS) is 11.0. The highest BCUT2D eigenvalue weighted by molar-refractivity contribution is 8.13. The predicted octanol–water partition coefficient (Wildman–Crippen LogP) is 4.56. The largest absolute Gasteiger partial charge is 0.323 e. The highest BCUT2D eigenvalue weighted by atomic mass is 35.7. The fourth-order valence-electron chi connectivity index (χ4n) is 1.62. The van der Waals surface area contributed by atoms with Crippen molar-refractivity contribution in [3.63, 3.8) is 0 Å². The van der Waals surface area contributed by atoms with Crippen LogP contribution in [0.2, 0.25) is 10.0 Å². The van der Waals surface area contributed by atoms with Gasteiger partial charge >= 0.3 is 6.03 Å². The molecule has 0 aromatic heterocycles. The van der Waals surface area contributed by atoms with Crippen molar-refractivity contribution in [2.24, 2.45) is 0 Å². The minimum absolute atomic E-state index is 0.0539. The Morgan fingerprint density at radius 1 is 0.864 bits per heavy atom. The van der Waals surface area contributed by atoms with Gasteiger partial charge in [0.15, 0.2) is 0 Å². The predicted molar refractivity (Wildman–Crippen MR) is 88.6 cm³/mol. The minimum Gasteiger partial charge on any atom is -0.308 e. The molecule has 0 bridgehead atoms. The summed E-state index contributed by atoms with van der Waals surface area (Å²) in [6.07, 6.45) is 0. The van der Waals surface area contributed by atoms with E-state index < -0.39 is 15.1 Å². The summed E-state index contributed by atoms with van der Waals surface area (Å²) in [5.41, 5.74) is 0.824. The first kappa shape index (κ1) is 16.9. The first-order valence-corrected chi connectivity index (χ1v) is 8.89. The quantitative estimate of drug-likeness (QED) is 0.767. The molecule has 0 aliphatic heterocycles. The smallest absolute Gasteiger partial charge is 0.308 e. The fraction of sp³-hybridized carbons (Fsp3) is 0. The maximum absolute atomic E-state index is 11.8. The number of halogens is 3. The molecule has 22 heavy (non-hydrogen) atoms. The Hall–Kier alpha value is -1.47. The summed E-state index contributed by atoms with van der Waals surface area (Å²) in [7, 11) is 1.41. The lowest BCUT2D eigenvalue weighted by Crippen LogP contribution is -2.19. The molecule has 2 N–H and O–H groups in total. The van der Waals surface area contributed by atoms with Crippen molar-refractivity contribution in [2.75, 3.05) is 10.6 Å². The summed E-state index contributed by atoms with van der Waals surface area (Å²) in [6, 6.07) is 9.49. The van der Waals surface area contributed by atoms with Crippen LogP contribution in [0.1, 0.15) is 0 Å². The van der Waals surface area contributed by atoms with Gasteiger partial charge in [-0.25, -0.2) is 13.2 Å². The molecule has 0 aliphatic carbocycles. The molecule has 0 fully saturated rings. The Balaban J connectivity index is 2.06. The average Bonchev–Trinajstić information content (AvgIpc) is 2.36. The van der Waals surface area contributed by atoms with E-state index >= 15 is 0 Å². The zero-order valence-corrected chi connectivity index (χ0v) is 13.9. The van der Waals surface area contributed by atoms with Crippen molar-refractivity contribution in [3.8, 4) is 0 Å². The molecule has 116 valence electrons. The molecule has 0 unspecified atom stereocenters. The number of urea groups is 1. The van der Waals surface area contributed by atoms with Gasteiger partial charge in [0.05, 0.1) is 4.90 Å². The van der Waals surface area contributed by atoms with Gasteiger partial charge in [0.2, 0.25) is 0 Å². The molecule has 2 amide bonds. The van der Waals surface area contributed by atoms with Crippen molar-refractivity contribution < 1.29 is 13.2 Å². The number of amides is 2. The molecule has 0 saturated carbocycles. The minimum atomic E-state index is -3.79. The van der Waals surface area contributed by atoms with E-state index in [9.17, 15) is 13.2 Å². The fourth-order valence-corrected chi connectivity index (χ4v) is 2.92. The van der Waals surface area contributed by atoms with E-state index in [1.54, 1.807) is 0 Å². The van der Waals surface area contributed by atoms with Crippen molar-refractivity contribution in [3.05, 3.63) is 52.5 Å². The molecular formula is C13H9Cl3N2O3S. The third-order valence-electron chi connectivity index (χ3n) is 2.51. The third kappa shape index (κ3) is 4.78. The zero-order valence-electron chi connectivity index (χ0n) is 10.8. The number of hydrogen-bond donors (Lipinski definition) is 2. The third-order valence-corrected chi connectivity index (χ3v) is 4.32. The van der Waals surface area contributed by atoms with E-state index in [1.165, 1.54) is 42.5 Å². The summed E-state index contributed by atoms with van der Waals surface area (Å²) in [5, 5.41) is 5.86. The van der Waals surface area contributed by atoms with Gasteiger partial charge < -0.3 is 10.6 Å². The Labute approximate surface area is 141 Å². The van der Waals surface area contributed by atoms with E-state index in [2.05, 4.69) is 10.6 Å². The molecule has 5 nitrogen and oxygen atoms in total. The Morgan fingerprint density at radius 3 is 1.86 bits per heavy atom. The van der Waals surface area contributed by atoms with Crippen LogP contribution < -0.4 is 10.6 Å². The molecule has 0 heterocycles. The number of hydrogen-bond acceptors (Lipinski definition) is 3. The maximum Gasteiger partial charge on any atom is 0.323 e. The second-order valence-corrected chi connectivity index (χ2v) is 7.64. The van der Waals surface area contributed by atoms with Crippen LogP contribution >= 0.6 is 33.9 Å². The second-order valence-electron chi connectivity index (χ2n) is 4.20. The van der Waals surface area contributed by atoms with Crippen molar-refractivity contribution >= 4 is 60.3 Å². The number of benzene rings is 2. The summed E-state index contributed by atoms with van der Waals surface area (Å²) in [5.74, 6) is 0. The Kier molecular flexibility index (Phi) is 5.18. The maximum atomic E-state index is 11.8. The lowest BCUT2D eigenvalue weighted by molar-refractivity contribution is 0.262.